The molecule has 0 saturated carbocycles. The fraction of sp³-hybridized carbons (Fsp3) is 0.158. The molecule has 0 spiro atoms. The van der Waals surface area contributed by atoms with Crippen LogP contribution in [0.2, 0.25) is 0 Å². The van der Waals surface area contributed by atoms with E-state index in [2.05, 4.69) is 31.4 Å². The lowest BCUT2D eigenvalue weighted by molar-refractivity contribution is -0.118. The number of ether oxygens (including phenoxy) is 1. The number of carbonyl (C=O) groups is 2. The predicted octanol–water partition coefficient (Wildman–Crippen LogP) is 3.36. The smallest absolute Gasteiger partial charge is 0.240 e. The standard InChI is InChI=1S/C19H16BrN3O4S/c1-27-14-5-2-11(3-6-14)16(25)9-17-18(26)22-19(28-17)23-21-10-12-8-13(20)4-7-15(12)24/h2-8,10,17,24H,9H2,1H3,(H,22,23,26)/b21-10+. The summed E-state index contributed by atoms with van der Waals surface area (Å²) < 4.78 is 5.86. The molecular weight excluding hydrogens is 446 g/mol. The van der Waals surface area contributed by atoms with Crippen molar-refractivity contribution < 1.29 is 19.4 Å². The molecule has 28 heavy (non-hydrogen) atoms. The van der Waals surface area contributed by atoms with Crippen molar-refractivity contribution in [2.45, 2.75) is 11.7 Å². The van der Waals surface area contributed by atoms with Crippen LogP contribution in [-0.2, 0) is 4.79 Å². The number of aromatic hydroxyl groups is 1. The maximum atomic E-state index is 12.4. The van der Waals surface area contributed by atoms with E-state index in [1.165, 1.54) is 12.3 Å². The van der Waals surface area contributed by atoms with Crippen molar-refractivity contribution in [1.29, 1.82) is 0 Å². The summed E-state index contributed by atoms with van der Waals surface area (Å²) in [5, 5.41) is 20.0. The van der Waals surface area contributed by atoms with Crippen molar-refractivity contribution in [3.8, 4) is 11.5 Å². The summed E-state index contributed by atoms with van der Waals surface area (Å²) in [5.74, 6) is 0.303. The number of rotatable bonds is 6. The molecule has 2 aromatic carbocycles. The number of amidine groups is 1. The minimum absolute atomic E-state index is 0.0536. The fourth-order valence-electron chi connectivity index (χ4n) is 2.42. The SMILES string of the molecule is COc1ccc(C(=O)CC2S/C(=N\N=C\c3cc(Br)ccc3O)NC2=O)cc1. The quantitative estimate of drug-likeness (QED) is 0.390. The summed E-state index contributed by atoms with van der Waals surface area (Å²) in [7, 11) is 1.55. The molecule has 0 aromatic heterocycles. The van der Waals surface area contributed by atoms with Crippen LogP contribution < -0.4 is 10.1 Å². The number of phenols is 1. The number of ketones is 1. The fourth-order valence-corrected chi connectivity index (χ4v) is 3.72. The van der Waals surface area contributed by atoms with Gasteiger partial charge in [0.15, 0.2) is 11.0 Å². The van der Waals surface area contributed by atoms with Gasteiger partial charge >= 0.3 is 0 Å². The molecule has 144 valence electrons. The molecule has 2 N–H and O–H groups in total. The van der Waals surface area contributed by atoms with E-state index in [0.717, 1.165) is 16.2 Å². The van der Waals surface area contributed by atoms with Crippen LogP contribution in [-0.4, -0.2) is 40.5 Å². The molecule has 1 fully saturated rings. The van der Waals surface area contributed by atoms with Crippen LogP contribution in [0.5, 0.6) is 11.5 Å². The summed E-state index contributed by atoms with van der Waals surface area (Å²) in [6.45, 7) is 0. The number of hydrogen-bond donors (Lipinski definition) is 2. The lowest BCUT2D eigenvalue weighted by atomic mass is 10.1. The van der Waals surface area contributed by atoms with Crippen molar-refractivity contribution in [1.82, 2.24) is 5.32 Å². The number of carbonyl (C=O) groups excluding carboxylic acids is 2. The Labute approximate surface area is 174 Å². The van der Waals surface area contributed by atoms with E-state index in [4.69, 9.17) is 4.74 Å². The molecule has 1 heterocycles. The maximum absolute atomic E-state index is 12.4. The van der Waals surface area contributed by atoms with E-state index in [-0.39, 0.29) is 23.9 Å². The van der Waals surface area contributed by atoms with E-state index in [1.807, 2.05) is 0 Å². The zero-order valence-electron chi connectivity index (χ0n) is 14.8. The van der Waals surface area contributed by atoms with E-state index in [9.17, 15) is 14.7 Å². The Morgan fingerprint density at radius 2 is 2.07 bits per heavy atom. The first-order valence-corrected chi connectivity index (χ1v) is 9.88. The van der Waals surface area contributed by atoms with Gasteiger partial charge in [-0.05, 0) is 42.5 Å². The number of halogens is 1. The highest BCUT2D eigenvalue weighted by Crippen LogP contribution is 2.25. The number of nitrogens with zero attached hydrogens (tertiary/aromatic N) is 2. The monoisotopic (exact) mass is 461 g/mol. The molecule has 0 aliphatic carbocycles. The highest BCUT2D eigenvalue weighted by Gasteiger charge is 2.32. The molecule has 0 radical (unpaired) electrons. The predicted molar refractivity (Wildman–Crippen MR) is 112 cm³/mol. The Kier molecular flexibility index (Phi) is 6.48. The number of Topliss-reactive ketones (excluding diaryl/α,β-unsaturated/α-hetero) is 1. The molecular formula is C19H16BrN3O4S. The molecule has 1 aliphatic heterocycles. The van der Waals surface area contributed by atoms with Crippen molar-refractivity contribution in [2.24, 2.45) is 10.2 Å². The average Bonchev–Trinajstić information content (AvgIpc) is 3.03. The van der Waals surface area contributed by atoms with Crippen LogP contribution in [0.4, 0.5) is 0 Å². The Morgan fingerprint density at radius 1 is 1.32 bits per heavy atom. The Balaban J connectivity index is 1.62. The van der Waals surface area contributed by atoms with Crippen molar-refractivity contribution in [3.05, 3.63) is 58.1 Å². The molecule has 7 nitrogen and oxygen atoms in total. The maximum Gasteiger partial charge on any atom is 0.240 e. The topological polar surface area (TPSA) is 100 Å². The van der Waals surface area contributed by atoms with Crippen LogP contribution >= 0.6 is 27.7 Å². The Hall–Kier alpha value is -2.65. The van der Waals surface area contributed by atoms with E-state index < -0.39 is 5.25 Å². The van der Waals surface area contributed by atoms with Gasteiger partial charge in [-0.25, -0.2) is 0 Å². The molecule has 2 aromatic rings. The summed E-state index contributed by atoms with van der Waals surface area (Å²) in [6.07, 6.45) is 1.44. The van der Waals surface area contributed by atoms with Gasteiger partial charge in [0.1, 0.15) is 11.5 Å². The number of methoxy groups -OCH3 is 1. The third-order valence-electron chi connectivity index (χ3n) is 3.89. The Bertz CT molecular complexity index is 960. The molecule has 3 rings (SSSR count). The summed E-state index contributed by atoms with van der Waals surface area (Å²) >= 11 is 4.46. The lowest BCUT2D eigenvalue weighted by Crippen LogP contribution is -2.26. The first kappa shape index (κ1) is 20.1. The minimum Gasteiger partial charge on any atom is -0.507 e. The minimum atomic E-state index is -0.567. The number of amides is 1. The molecule has 1 unspecified atom stereocenters. The van der Waals surface area contributed by atoms with Crippen LogP contribution in [0.25, 0.3) is 0 Å². The second kappa shape index (κ2) is 9.03. The summed E-state index contributed by atoms with van der Waals surface area (Å²) in [5.41, 5.74) is 1.00. The van der Waals surface area contributed by atoms with E-state index in [0.29, 0.717) is 22.0 Å². The molecule has 1 atom stereocenters. The van der Waals surface area contributed by atoms with Gasteiger partial charge in [0.05, 0.1) is 18.6 Å². The van der Waals surface area contributed by atoms with E-state index >= 15 is 0 Å². The van der Waals surface area contributed by atoms with Gasteiger partial charge in [-0.1, -0.05) is 27.7 Å². The van der Waals surface area contributed by atoms with Gasteiger partial charge in [-0.15, -0.1) is 5.10 Å². The largest absolute Gasteiger partial charge is 0.507 e. The van der Waals surface area contributed by atoms with Gasteiger partial charge in [0.2, 0.25) is 5.91 Å². The Morgan fingerprint density at radius 3 is 2.79 bits per heavy atom. The normalized spacial score (nSPS) is 17.9. The molecule has 0 bridgehead atoms. The molecule has 1 saturated heterocycles. The summed E-state index contributed by atoms with van der Waals surface area (Å²) in [4.78, 5) is 24.5. The van der Waals surface area contributed by atoms with Crippen molar-refractivity contribution in [3.63, 3.8) is 0 Å². The lowest BCUT2D eigenvalue weighted by Gasteiger charge is -2.05. The first-order valence-electron chi connectivity index (χ1n) is 8.20. The van der Waals surface area contributed by atoms with Crippen LogP contribution in [0.3, 0.4) is 0 Å². The van der Waals surface area contributed by atoms with Gasteiger partial charge in [0.25, 0.3) is 0 Å². The second-order valence-corrected chi connectivity index (χ2v) is 7.91. The highest BCUT2D eigenvalue weighted by atomic mass is 79.9. The number of thioether (sulfide) groups is 1. The molecule has 1 amide bonds. The van der Waals surface area contributed by atoms with Crippen molar-refractivity contribution in [2.75, 3.05) is 7.11 Å². The third kappa shape index (κ3) is 4.99. The van der Waals surface area contributed by atoms with Crippen LogP contribution in [0.15, 0.2) is 57.1 Å². The average molecular weight is 462 g/mol. The number of benzene rings is 2. The van der Waals surface area contributed by atoms with Crippen LogP contribution in [0.1, 0.15) is 22.3 Å². The van der Waals surface area contributed by atoms with Gasteiger partial charge < -0.3 is 15.2 Å². The molecule has 1 aliphatic rings. The van der Waals surface area contributed by atoms with E-state index in [1.54, 1.807) is 43.5 Å². The van der Waals surface area contributed by atoms with Gasteiger partial charge in [-0.3, -0.25) is 9.59 Å². The van der Waals surface area contributed by atoms with Crippen molar-refractivity contribution >= 4 is 50.8 Å². The third-order valence-corrected chi connectivity index (χ3v) is 5.46. The number of phenolic OH excluding ortho intramolecular Hbond substituents is 1. The van der Waals surface area contributed by atoms with Gasteiger partial charge in [0, 0.05) is 22.0 Å². The van der Waals surface area contributed by atoms with Gasteiger partial charge in [-0.2, -0.15) is 5.10 Å². The molecule has 9 heteroatoms. The second-order valence-electron chi connectivity index (χ2n) is 5.80. The first-order chi connectivity index (χ1) is 13.5. The zero-order valence-corrected chi connectivity index (χ0v) is 17.2. The summed E-state index contributed by atoms with van der Waals surface area (Å²) in [6, 6.07) is 11.7. The number of nitrogens with one attached hydrogen (secondary N) is 1. The number of hydrogen-bond acceptors (Lipinski definition) is 7. The van der Waals surface area contributed by atoms with Crippen LogP contribution in [0, 0.1) is 0 Å². The highest BCUT2D eigenvalue weighted by molar-refractivity contribution is 9.10. The zero-order chi connectivity index (χ0) is 20.1.